The lowest BCUT2D eigenvalue weighted by atomic mass is 10.4. The zero-order valence-corrected chi connectivity index (χ0v) is 12.9. The molecule has 0 unspecified atom stereocenters. The smallest absolute Gasteiger partial charge is 0.265 e. The molecule has 5 nitrogen and oxygen atoms in total. The summed E-state index contributed by atoms with van der Waals surface area (Å²) in [6, 6.07) is 1.59. The molecule has 0 aliphatic carbocycles. The van der Waals surface area contributed by atoms with Crippen molar-refractivity contribution in [3.05, 3.63) is 26.5 Å². The number of thiophene rings is 1. The summed E-state index contributed by atoms with van der Waals surface area (Å²) in [4.78, 5) is 1.10. The van der Waals surface area contributed by atoms with Crippen molar-refractivity contribution < 1.29 is 12.9 Å². The first-order valence-corrected chi connectivity index (χ1v) is 8.32. The standard InChI is InChI=1S/C10H11BrN2O3S2/c1-3-7-8(4-5-17-7)18(14,15)13-10-9(11)6(2)12-16-10/h4-5,13H,3H2,1-2H3. The Morgan fingerprint density at radius 2 is 2.28 bits per heavy atom. The van der Waals surface area contributed by atoms with E-state index in [1.54, 1.807) is 18.4 Å². The van der Waals surface area contributed by atoms with Gasteiger partial charge in [0.05, 0.1) is 5.69 Å². The van der Waals surface area contributed by atoms with Gasteiger partial charge >= 0.3 is 0 Å². The number of anilines is 1. The van der Waals surface area contributed by atoms with E-state index in [1.165, 1.54) is 11.3 Å². The van der Waals surface area contributed by atoms with Gasteiger partial charge in [-0.2, -0.15) is 0 Å². The van der Waals surface area contributed by atoms with Gasteiger partial charge < -0.3 is 4.52 Å². The van der Waals surface area contributed by atoms with Crippen molar-refractivity contribution in [2.75, 3.05) is 4.72 Å². The fourth-order valence-corrected chi connectivity index (χ4v) is 4.26. The summed E-state index contributed by atoms with van der Waals surface area (Å²) >= 11 is 4.64. The van der Waals surface area contributed by atoms with Crippen LogP contribution in [0.1, 0.15) is 17.5 Å². The molecule has 0 aliphatic rings. The molecular formula is C10H11BrN2O3S2. The maximum absolute atomic E-state index is 12.2. The average molecular weight is 351 g/mol. The first kappa shape index (κ1) is 13.6. The molecule has 0 saturated heterocycles. The van der Waals surface area contributed by atoms with E-state index in [4.69, 9.17) is 4.52 Å². The van der Waals surface area contributed by atoms with E-state index in [-0.39, 0.29) is 10.8 Å². The monoisotopic (exact) mass is 350 g/mol. The highest BCUT2D eigenvalue weighted by Gasteiger charge is 2.22. The number of hydrogen-bond donors (Lipinski definition) is 1. The second kappa shape index (κ2) is 5.02. The Hall–Kier alpha value is -0.860. The Kier molecular flexibility index (Phi) is 3.79. The van der Waals surface area contributed by atoms with Crippen molar-refractivity contribution in [3.63, 3.8) is 0 Å². The predicted octanol–water partition coefficient (Wildman–Crippen LogP) is 3.17. The minimum atomic E-state index is -3.63. The minimum absolute atomic E-state index is 0.0979. The van der Waals surface area contributed by atoms with Gasteiger partial charge in [0, 0.05) is 4.88 Å². The highest BCUT2D eigenvalue weighted by molar-refractivity contribution is 9.10. The minimum Gasteiger partial charge on any atom is -0.336 e. The first-order chi connectivity index (χ1) is 8.45. The molecule has 2 aromatic heterocycles. The molecule has 0 amide bonds. The van der Waals surface area contributed by atoms with Gasteiger partial charge in [0.25, 0.3) is 15.9 Å². The normalized spacial score (nSPS) is 11.7. The van der Waals surface area contributed by atoms with E-state index in [0.29, 0.717) is 16.6 Å². The van der Waals surface area contributed by atoms with Gasteiger partial charge in [-0.05, 0) is 40.7 Å². The second-order valence-corrected chi connectivity index (χ2v) is 7.02. The Morgan fingerprint density at radius 1 is 1.56 bits per heavy atom. The van der Waals surface area contributed by atoms with Gasteiger partial charge in [0.2, 0.25) is 0 Å². The molecule has 0 aliphatic heterocycles. The molecule has 0 spiro atoms. The van der Waals surface area contributed by atoms with Gasteiger partial charge in [0.15, 0.2) is 0 Å². The lowest BCUT2D eigenvalue weighted by molar-refractivity contribution is 0.430. The summed E-state index contributed by atoms with van der Waals surface area (Å²) in [5.74, 6) is 0.0979. The SMILES string of the molecule is CCc1sccc1S(=O)(=O)Nc1onc(C)c1Br. The topological polar surface area (TPSA) is 72.2 Å². The van der Waals surface area contributed by atoms with Crippen LogP contribution in [0.5, 0.6) is 0 Å². The summed E-state index contributed by atoms with van der Waals surface area (Å²) in [6.45, 7) is 3.63. The highest BCUT2D eigenvalue weighted by Crippen LogP contribution is 2.29. The number of halogens is 1. The molecule has 2 rings (SSSR count). The van der Waals surface area contributed by atoms with Crippen molar-refractivity contribution in [1.82, 2.24) is 5.16 Å². The molecule has 98 valence electrons. The number of hydrogen-bond acceptors (Lipinski definition) is 5. The molecule has 0 bridgehead atoms. The quantitative estimate of drug-likeness (QED) is 0.918. The number of aryl methyl sites for hydroxylation is 2. The largest absolute Gasteiger partial charge is 0.336 e. The van der Waals surface area contributed by atoms with Crippen LogP contribution in [0.25, 0.3) is 0 Å². The van der Waals surface area contributed by atoms with Crippen molar-refractivity contribution in [3.8, 4) is 0 Å². The fourth-order valence-electron chi connectivity index (χ4n) is 1.42. The van der Waals surface area contributed by atoms with Gasteiger partial charge in [-0.25, -0.2) is 13.1 Å². The molecule has 8 heteroatoms. The lowest BCUT2D eigenvalue weighted by Gasteiger charge is -2.05. The van der Waals surface area contributed by atoms with Crippen LogP contribution < -0.4 is 4.72 Å². The first-order valence-electron chi connectivity index (χ1n) is 5.16. The zero-order valence-electron chi connectivity index (χ0n) is 9.73. The number of nitrogens with zero attached hydrogens (tertiary/aromatic N) is 1. The molecule has 2 aromatic rings. The number of nitrogens with one attached hydrogen (secondary N) is 1. The van der Waals surface area contributed by atoms with Gasteiger partial charge in [-0.15, -0.1) is 11.3 Å². The van der Waals surface area contributed by atoms with Crippen LogP contribution in [-0.2, 0) is 16.4 Å². The summed E-state index contributed by atoms with van der Waals surface area (Å²) in [5, 5.41) is 5.44. The van der Waals surface area contributed by atoms with Gasteiger partial charge in [0.1, 0.15) is 9.37 Å². The summed E-state index contributed by atoms with van der Waals surface area (Å²) in [6.07, 6.45) is 0.671. The van der Waals surface area contributed by atoms with Crippen LogP contribution in [-0.4, -0.2) is 13.6 Å². The van der Waals surface area contributed by atoms with E-state index in [2.05, 4.69) is 25.8 Å². The van der Waals surface area contributed by atoms with Crippen LogP contribution in [0.2, 0.25) is 0 Å². The van der Waals surface area contributed by atoms with Crippen LogP contribution in [0.3, 0.4) is 0 Å². The number of rotatable bonds is 4. The molecule has 0 fully saturated rings. The van der Waals surface area contributed by atoms with Crippen molar-refractivity contribution >= 4 is 43.2 Å². The maximum Gasteiger partial charge on any atom is 0.265 e. The zero-order chi connectivity index (χ0) is 13.3. The van der Waals surface area contributed by atoms with Crippen molar-refractivity contribution in [2.45, 2.75) is 25.2 Å². The van der Waals surface area contributed by atoms with Crippen molar-refractivity contribution in [2.24, 2.45) is 0 Å². The van der Waals surface area contributed by atoms with E-state index in [0.717, 1.165) is 4.88 Å². The molecule has 0 atom stereocenters. The lowest BCUT2D eigenvalue weighted by Crippen LogP contribution is -2.13. The van der Waals surface area contributed by atoms with Crippen LogP contribution >= 0.6 is 27.3 Å². The number of aromatic nitrogens is 1. The summed E-state index contributed by atoms with van der Waals surface area (Å²) < 4.78 is 32.2. The molecule has 2 heterocycles. The van der Waals surface area contributed by atoms with Crippen LogP contribution in [0.15, 0.2) is 25.3 Å². The van der Waals surface area contributed by atoms with E-state index < -0.39 is 10.0 Å². The van der Waals surface area contributed by atoms with Crippen LogP contribution in [0.4, 0.5) is 5.88 Å². The van der Waals surface area contributed by atoms with Crippen LogP contribution in [0, 0.1) is 6.92 Å². The average Bonchev–Trinajstić information content (AvgIpc) is 2.91. The summed E-state index contributed by atoms with van der Waals surface area (Å²) in [7, 11) is -3.63. The molecular weight excluding hydrogens is 340 g/mol. The molecule has 1 N–H and O–H groups in total. The Balaban J connectivity index is 2.36. The van der Waals surface area contributed by atoms with E-state index in [9.17, 15) is 8.42 Å². The number of sulfonamides is 1. The van der Waals surface area contributed by atoms with Crippen molar-refractivity contribution in [1.29, 1.82) is 0 Å². The predicted molar refractivity (Wildman–Crippen MR) is 73.4 cm³/mol. The van der Waals surface area contributed by atoms with Gasteiger partial charge in [-0.3, -0.25) is 0 Å². The Labute approximate surface area is 117 Å². The third kappa shape index (κ3) is 2.45. The molecule has 0 aromatic carbocycles. The highest BCUT2D eigenvalue weighted by atomic mass is 79.9. The Morgan fingerprint density at radius 3 is 2.83 bits per heavy atom. The van der Waals surface area contributed by atoms with E-state index in [1.807, 2.05) is 6.92 Å². The fraction of sp³-hybridized carbons (Fsp3) is 0.300. The second-order valence-electron chi connectivity index (χ2n) is 3.58. The van der Waals surface area contributed by atoms with E-state index >= 15 is 0 Å². The molecule has 0 radical (unpaired) electrons. The maximum atomic E-state index is 12.2. The Bertz CT molecular complexity index is 660. The summed E-state index contributed by atoms with van der Waals surface area (Å²) in [5.41, 5.74) is 0.591. The third-order valence-corrected chi connectivity index (χ3v) is 5.88. The molecule has 0 saturated carbocycles. The third-order valence-electron chi connectivity index (χ3n) is 2.33. The molecule has 18 heavy (non-hydrogen) atoms. The van der Waals surface area contributed by atoms with Gasteiger partial charge in [-0.1, -0.05) is 12.1 Å².